The van der Waals surface area contributed by atoms with E-state index >= 15 is 0 Å². The Morgan fingerprint density at radius 1 is 1.40 bits per heavy atom. The first-order chi connectivity index (χ1) is 7.04. The van der Waals surface area contributed by atoms with Crippen molar-refractivity contribution >= 4 is 0 Å². The minimum absolute atomic E-state index is 0.438. The lowest BCUT2D eigenvalue weighted by Gasteiger charge is -2.36. The van der Waals surface area contributed by atoms with Gasteiger partial charge in [0.25, 0.3) is 0 Å². The molecule has 2 heteroatoms. The van der Waals surface area contributed by atoms with Crippen LogP contribution in [0.5, 0.6) is 0 Å². The Hall–Kier alpha value is -0.0800. The van der Waals surface area contributed by atoms with Gasteiger partial charge in [-0.1, -0.05) is 13.8 Å². The lowest BCUT2D eigenvalue weighted by atomic mass is 9.79. The third-order valence-electron chi connectivity index (χ3n) is 4.17. The van der Waals surface area contributed by atoms with Crippen LogP contribution in [0.25, 0.3) is 0 Å². The van der Waals surface area contributed by atoms with E-state index in [1.165, 1.54) is 32.2 Å². The Bertz CT molecular complexity index is 181. The van der Waals surface area contributed by atoms with Gasteiger partial charge in [0.1, 0.15) is 0 Å². The molecule has 2 nitrogen and oxygen atoms in total. The Morgan fingerprint density at radius 3 is 2.67 bits per heavy atom. The zero-order valence-corrected chi connectivity index (χ0v) is 10.9. The first-order valence-corrected chi connectivity index (χ1v) is 6.50. The SMILES string of the molecule is CCC(C)N(C)CC1CC(C)CCC1N. The second-order valence-corrected chi connectivity index (χ2v) is 5.54. The fraction of sp³-hybridized carbons (Fsp3) is 1.00. The van der Waals surface area contributed by atoms with Crippen molar-refractivity contribution in [2.75, 3.05) is 13.6 Å². The summed E-state index contributed by atoms with van der Waals surface area (Å²) in [6, 6.07) is 1.13. The van der Waals surface area contributed by atoms with E-state index in [1.807, 2.05) is 0 Å². The smallest absolute Gasteiger partial charge is 0.00795 e. The highest BCUT2D eigenvalue weighted by molar-refractivity contribution is 4.83. The van der Waals surface area contributed by atoms with Crippen LogP contribution in [0.2, 0.25) is 0 Å². The summed E-state index contributed by atoms with van der Waals surface area (Å²) in [7, 11) is 2.24. The first-order valence-electron chi connectivity index (χ1n) is 6.50. The van der Waals surface area contributed by atoms with Gasteiger partial charge in [-0.3, -0.25) is 0 Å². The van der Waals surface area contributed by atoms with Gasteiger partial charge >= 0.3 is 0 Å². The maximum absolute atomic E-state index is 6.20. The van der Waals surface area contributed by atoms with Crippen molar-refractivity contribution in [1.29, 1.82) is 0 Å². The molecule has 15 heavy (non-hydrogen) atoms. The molecule has 0 spiro atoms. The largest absolute Gasteiger partial charge is 0.327 e. The minimum Gasteiger partial charge on any atom is -0.327 e. The van der Waals surface area contributed by atoms with E-state index in [-0.39, 0.29) is 0 Å². The standard InChI is InChI=1S/C13H28N2/c1-5-11(3)15(4)9-12-8-10(2)6-7-13(12)14/h10-13H,5-9,14H2,1-4H3. The summed E-state index contributed by atoms with van der Waals surface area (Å²) in [4.78, 5) is 2.47. The van der Waals surface area contributed by atoms with E-state index in [2.05, 4.69) is 32.7 Å². The third kappa shape index (κ3) is 3.76. The third-order valence-corrected chi connectivity index (χ3v) is 4.17. The Kier molecular flexibility index (Phi) is 5.07. The van der Waals surface area contributed by atoms with E-state index in [4.69, 9.17) is 5.73 Å². The van der Waals surface area contributed by atoms with Gasteiger partial charge < -0.3 is 10.6 Å². The van der Waals surface area contributed by atoms with Gasteiger partial charge in [0.05, 0.1) is 0 Å². The lowest BCUT2D eigenvalue weighted by Crippen LogP contribution is -2.43. The fourth-order valence-electron chi connectivity index (χ4n) is 2.59. The van der Waals surface area contributed by atoms with Gasteiger partial charge in [0.2, 0.25) is 0 Å². The number of nitrogens with zero attached hydrogens (tertiary/aromatic N) is 1. The molecule has 0 aromatic heterocycles. The summed E-state index contributed by atoms with van der Waals surface area (Å²) in [5, 5.41) is 0. The first kappa shape index (κ1) is 13.0. The highest BCUT2D eigenvalue weighted by atomic mass is 15.1. The van der Waals surface area contributed by atoms with Crippen molar-refractivity contribution in [3.63, 3.8) is 0 Å². The molecular formula is C13H28N2. The van der Waals surface area contributed by atoms with E-state index < -0.39 is 0 Å². The average molecular weight is 212 g/mol. The fourth-order valence-corrected chi connectivity index (χ4v) is 2.59. The predicted molar refractivity (Wildman–Crippen MR) is 66.9 cm³/mol. The van der Waals surface area contributed by atoms with Crippen molar-refractivity contribution in [2.24, 2.45) is 17.6 Å². The van der Waals surface area contributed by atoms with Gasteiger partial charge in [-0.25, -0.2) is 0 Å². The van der Waals surface area contributed by atoms with Crippen LogP contribution in [-0.4, -0.2) is 30.6 Å². The second kappa shape index (κ2) is 5.86. The van der Waals surface area contributed by atoms with Gasteiger partial charge in [-0.2, -0.15) is 0 Å². The molecule has 1 aliphatic rings. The average Bonchev–Trinajstić information content (AvgIpc) is 2.22. The van der Waals surface area contributed by atoms with Crippen molar-refractivity contribution in [1.82, 2.24) is 4.90 Å². The van der Waals surface area contributed by atoms with Crippen LogP contribution in [0.15, 0.2) is 0 Å². The summed E-state index contributed by atoms with van der Waals surface area (Å²) in [6.45, 7) is 8.10. The van der Waals surface area contributed by atoms with E-state index in [1.54, 1.807) is 0 Å². The van der Waals surface area contributed by atoms with Gasteiger partial charge in [0.15, 0.2) is 0 Å². The van der Waals surface area contributed by atoms with Crippen LogP contribution in [0, 0.1) is 11.8 Å². The van der Waals surface area contributed by atoms with Gasteiger partial charge in [-0.15, -0.1) is 0 Å². The molecule has 0 aromatic carbocycles. The summed E-state index contributed by atoms with van der Waals surface area (Å²) in [6.07, 6.45) is 5.10. The molecule has 1 fully saturated rings. The molecule has 1 saturated carbocycles. The Labute approximate surface area is 95.2 Å². The molecule has 90 valence electrons. The summed E-state index contributed by atoms with van der Waals surface area (Å²) < 4.78 is 0. The van der Waals surface area contributed by atoms with E-state index in [0.29, 0.717) is 18.0 Å². The molecule has 2 N–H and O–H groups in total. The molecule has 0 heterocycles. The van der Waals surface area contributed by atoms with Crippen LogP contribution in [-0.2, 0) is 0 Å². The molecule has 4 atom stereocenters. The van der Waals surface area contributed by atoms with Crippen LogP contribution in [0.4, 0.5) is 0 Å². The molecule has 0 amide bonds. The molecule has 0 saturated heterocycles. The molecule has 0 aliphatic heterocycles. The molecule has 1 aliphatic carbocycles. The summed E-state index contributed by atoms with van der Waals surface area (Å²) in [5.41, 5.74) is 6.20. The number of hydrogen-bond donors (Lipinski definition) is 1. The topological polar surface area (TPSA) is 29.3 Å². The van der Waals surface area contributed by atoms with Crippen molar-refractivity contribution < 1.29 is 0 Å². The van der Waals surface area contributed by atoms with Crippen molar-refractivity contribution in [3.05, 3.63) is 0 Å². The highest BCUT2D eigenvalue weighted by Crippen LogP contribution is 2.28. The summed E-state index contributed by atoms with van der Waals surface area (Å²) >= 11 is 0. The second-order valence-electron chi connectivity index (χ2n) is 5.54. The Balaban J connectivity index is 2.41. The molecule has 4 unspecified atom stereocenters. The normalized spacial score (nSPS) is 34.4. The lowest BCUT2D eigenvalue weighted by molar-refractivity contribution is 0.153. The zero-order valence-electron chi connectivity index (χ0n) is 10.9. The van der Waals surface area contributed by atoms with Crippen LogP contribution < -0.4 is 5.73 Å². The predicted octanol–water partition coefficient (Wildman–Crippen LogP) is 2.48. The van der Waals surface area contributed by atoms with Gasteiger partial charge in [-0.05, 0) is 51.5 Å². The molecular weight excluding hydrogens is 184 g/mol. The Morgan fingerprint density at radius 2 is 2.07 bits per heavy atom. The minimum atomic E-state index is 0.438. The van der Waals surface area contributed by atoms with Crippen LogP contribution in [0.1, 0.15) is 46.5 Å². The molecule has 0 aromatic rings. The number of hydrogen-bond acceptors (Lipinski definition) is 2. The number of rotatable bonds is 4. The van der Waals surface area contributed by atoms with Crippen molar-refractivity contribution in [2.45, 2.75) is 58.5 Å². The van der Waals surface area contributed by atoms with E-state index in [9.17, 15) is 0 Å². The van der Waals surface area contributed by atoms with Crippen molar-refractivity contribution in [3.8, 4) is 0 Å². The van der Waals surface area contributed by atoms with Gasteiger partial charge in [0, 0.05) is 18.6 Å². The quantitative estimate of drug-likeness (QED) is 0.776. The van der Waals surface area contributed by atoms with Crippen LogP contribution in [0.3, 0.4) is 0 Å². The monoisotopic (exact) mass is 212 g/mol. The molecule has 0 bridgehead atoms. The number of nitrogens with two attached hydrogens (primary N) is 1. The maximum atomic E-state index is 6.20. The molecule has 0 radical (unpaired) electrons. The molecule has 1 rings (SSSR count). The zero-order chi connectivity index (χ0) is 11.4. The summed E-state index contributed by atoms with van der Waals surface area (Å²) in [5.74, 6) is 1.59. The maximum Gasteiger partial charge on any atom is 0.00795 e. The van der Waals surface area contributed by atoms with E-state index in [0.717, 1.165) is 5.92 Å². The van der Waals surface area contributed by atoms with Crippen LogP contribution >= 0.6 is 0 Å². The highest BCUT2D eigenvalue weighted by Gasteiger charge is 2.27.